The van der Waals surface area contributed by atoms with Crippen LogP contribution in [0, 0.1) is 0 Å². The van der Waals surface area contributed by atoms with Crippen LogP contribution in [0.2, 0.25) is 0 Å². The van der Waals surface area contributed by atoms with Crippen molar-refractivity contribution in [3.63, 3.8) is 0 Å². The zero-order valence-electron chi connectivity index (χ0n) is 13.5. The number of rotatable bonds is 7. The van der Waals surface area contributed by atoms with Gasteiger partial charge in [0.05, 0.1) is 12.5 Å². The molecule has 4 N–H and O–H groups in total. The number of aliphatic hydroxyl groups excluding tert-OH is 3. The zero-order chi connectivity index (χ0) is 18.5. The molecular formula is C15H18N4O5S2. The molecule has 0 aliphatic carbocycles. The first-order valence-electron chi connectivity index (χ1n) is 7.76. The molecule has 2 unspecified atom stereocenters. The van der Waals surface area contributed by atoms with Crippen molar-refractivity contribution in [3.8, 4) is 0 Å². The van der Waals surface area contributed by atoms with Gasteiger partial charge in [0.15, 0.2) is 6.23 Å². The van der Waals surface area contributed by atoms with Crippen molar-refractivity contribution >= 4 is 27.4 Å². The van der Waals surface area contributed by atoms with E-state index >= 15 is 0 Å². The quantitative estimate of drug-likeness (QED) is 0.288. The first-order valence-corrected chi connectivity index (χ1v) is 10.1. The molecule has 4 atom stereocenters. The molecule has 1 fully saturated rings. The largest absolute Gasteiger partial charge is 0.394 e. The predicted octanol–water partition coefficient (Wildman–Crippen LogP) is 0.0597. The number of hydrogen-bond acceptors (Lipinski definition) is 10. The number of hydrogen-bond donors (Lipinski definition) is 4. The molecule has 0 amide bonds. The number of nitrogens with one attached hydrogen (secondary N) is 1. The maximum atomic E-state index is 12.2. The average Bonchev–Trinajstić information content (AvgIpc) is 2.94. The minimum Gasteiger partial charge on any atom is -0.394 e. The lowest BCUT2D eigenvalue weighted by atomic mass is 10.1. The highest BCUT2D eigenvalue weighted by Gasteiger charge is 2.43. The highest BCUT2D eigenvalue weighted by molar-refractivity contribution is 8.76. The molecule has 0 spiro atoms. The summed E-state index contributed by atoms with van der Waals surface area (Å²) in [7, 11) is 3.01. The second kappa shape index (κ2) is 8.84. The van der Waals surface area contributed by atoms with Crippen LogP contribution in [0.25, 0.3) is 0 Å². The summed E-state index contributed by atoms with van der Waals surface area (Å²) in [4.78, 5) is 20.3. The van der Waals surface area contributed by atoms with Crippen LogP contribution in [-0.4, -0.2) is 60.7 Å². The third-order valence-electron chi connectivity index (χ3n) is 3.72. The smallest absolute Gasteiger partial charge is 0.351 e. The standard InChI is InChI=1S/C15H18N4O5S2/c20-7-9-12(21)13(22)14(24-9)19-6-4-10(18-15(19)23)17-8-25-26-11-3-1-2-5-16-11/h1-6,9,12-14,20-22H,7-8H2,(H,17,18,23)/t9-,12?,13?,14-/m1/s1. The summed E-state index contributed by atoms with van der Waals surface area (Å²) in [5.74, 6) is 0.887. The van der Waals surface area contributed by atoms with Crippen LogP contribution in [0.1, 0.15) is 6.23 Å². The first kappa shape index (κ1) is 19.1. The Hall–Kier alpha value is -1.63. The molecule has 26 heavy (non-hydrogen) atoms. The molecular weight excluding hydrogens is 380 g/mol. The lowest BCUT2D eigenvalue weighted by Gasteiger charge is -2.17. The van der Waals surface area contributed by atoms with E-state index in [-0.39, 0.29) is 0 Å². The van der Waals surface area contributed by atoms with Gasteiger partial charge < -0.3 is 25.4 Å². The van der Waals surface area contributed by atoms with E-state index in [4.69, 9.17) is 9.84 Å². The summed E-state index contributed by atoms with van der Waals surface area (Å²) in [5.41, 5.74) is -0.632. The Balaban J connectivity index is 1.57. The lowest BCUT2D eigenvalue weighted by molar-refractivity contribution is -0.0549. The second-order valence-corrected chi connectivity index (χ2v) is 7.74. The van der Waals surface area contributed by atoms with Gasteiger partial charge in [-0.25, -0.2) is 9.78 Å². The van der Waals surface area contributed by atoms with E-state index in [0.29, 0.717) is 11.7 Å². The Labute approximate surface area is 156 Å². The monoisotopic (exact) mass is 398 g/mol. The van der Waals surface area contributed by atoms with Crippen LogP contribution >= 0.6 is 21.6 Å². The van der Waals surface area contributed by atoms with Gasteiger partial charge in [0.2, 0.25) is 0 Å². The van der Waals surface area contributed by atoms with E-state index in [0.717, 1.165) is 9.59 Å². The molecule has 140 valence electrons. The number of ether oxygens (including phenoxy) is 1. The summed E-state index contributed by atoms with van der Waals surface area (Å²) in [5, 5.41) is 32.8. The fraction of sp³-hybridized carbons (Fsp3) is 0.400. The van der Waals surface area contributed by atoms with Gasteiger partial charge in [0.1, 0.15) is 29.2 Å². The summed E-state index contributed by atoms with van der Waals surface area (Å²) in [6, 6.07) is 7.22. The van der Waals surface area contributed by atoms with Crippen molar-refractivity contribution in [2.45, 2.75) is 29.6 Å². The van der Waals surface area contributed by atoms with E-state index in [1.165, 1.54) is 27.8 Å². The average molecular weight is 398 g/mol. The van der Waals surface area contributed by atoms with Gasteiger partial charge in [-0.2, -0.15) is 4.98 Å². The maximum absolute atomic E-state index is 12.2. The van der Waals surface area contributed by atoms with E-state index in [9.17, 15) is 15.0 Å². The Morgan fingerprint density at radius 2 is 2.12 bits per heavy atom. The van der Waals surface area contributed by atoms with Crippen molar-refractivity contribution < 1.29 is 20.1 Å². The van der Waals surface area contributed by atoms with Crippen LogP contribution in [0.15, 0.2) is 46.5 Å². The molecule has 1 aliphatic heterocycles. The van der Waals surface area contributed by atoms with Gasteiger partial charge in [-0.3, -0.25) is 4.57 Å². The van der Waals surface area contributed by atoms with Gasteiger partial charge in [-0.15, -0.1) is 0 Å². The minimum absolute atomic E-state index is 0.382. The number of anilines is 1. The Kier molecular flexibility index (Phi) is 6.51. The number of nitrogens with zero attached hydrogens (tertiary/aromatic N) is 3. The molecule has 2 aromatic rings. The van der Waals surface area contributed by atoms with Crippen LogP contribution in [0.3, 0.4) is 0 Å². The predicted molar refractivity (Wildman–Crippen MR) is 97.7 cm³/mol. The summed E-state index contributed by atoms with van der Waals surface area (Å²) >= 11 is 0. The highest BCUT2D eigenvalue weighted by Crippen LogP contribution is 2.29. The normalized spacial score (nSPS) is 25.3. The summed E-state index contributed by atoms with van der Waals surface area (Å²) in [6.45, 7) is -0.457. The zero-order valence-corrected chi connectivity index (χ0v) is 15.1. The first-order chi connectivity index (χ1) is 12.6. The Morgan fingerprint density at radius 1 is 1.27 bits per heavy atom. The van der Waals surface area contributed by atoms with Gasteiger partial charge >= 0.3 is 5.69 Å². The Morgan fingerprint density at radius 3 is 2.77 bits per heavy atom. The number of pyridine rings is 1. The van der Waals surface area contributed by atoms with Crippen molar-refractivity contribution in [1.29, 1.82) is 0 Å². The summed E-state index contributed by atoms with van der Waals surface area (Å²) in [6.07, 6.45) is -1.49. The molecule has 0 bridgehead atoms. The third kappa shape index (κ3) is 4.37. The van der Waals surface area contributed by atoms with E-state index < -0.39 is 36.8 Å². The molecule has 1 saturated heterocycles. The van der Waals surface area contributed by atoms with Crippen molar-refractivity contribution in [3.05, 3.63) is 47.1 Å². The van der Waals surface area contributed by atoms with Crippen molar-refractivity contribution in [1.82, 2.24) is 14.5 Å². The van der Waals surface area contributed by atoms with Crippen LogP contribution < -0.4 is 11.0 Å². The number of aromatic nitrogens is 3. The van der Waals surface area contributed by atoms with Gasteiger partial charge in [-0.05, 0) is 29.0 Å². The number of aliphatic hydroxyl groups is 3. The SMILES string of the molecule is O=c1nc(NCSSc2ccccn2)ccn1[C@@H]1O[C@H](CO)C(O)C1O. The minimum atomic E-state index is -1.32. The van der Waals surface area contributed by atoms with E-state index in [1.807, 2.05) is 18.2 Å². The van der Waals surface area contributed by atoms with Crippen molar-refractivity contribution in [2.75, 3.05) is 17.8 Å². The second-order valence-electron chi connectivity index (χ2n) is 5.42. The van der Waals surface area contributed by atoms with Gasteiger partial charge in [0, 0.05) is 12.4 Å². The van der Waals surface area contributed by atoms with Crippen LogP contribution in [0.4, 0.5) is 5.82 Å². The van der Waals surface area contributed by atoms with Gasteiger partial charge in [-0.1, -0.05) is 16.9 Å². The van der Waals surface area contributed by atoms with Gasteiger partial charge in [0.25, 0.3) is 0 Å². The molecule has 1 aliphatic rings. The molecule has 0 saturated carbocycles. The maximum Gasteiger partial charge on any atom is 0.351 e. The fourth-order valence-electron chi connectivity index (χ4n) is 2.40. The molecule has 3 rings (SSSR count). The summed E-state index contributed by atoms with van der Waals surface area (Å²) < 4.78 is 6.42. The van der Waals surface area contributed by atoms with Crippen molar-refractivity contribution in [2.24, 2.45) is 0 Å². The highest BCUT2D eigenvalue weighted by atomic mass is 33.1. The topological polar surface area (TPSA) is 130 Å². The van der Waals surface area contributed by atoms with Crippen LogP contribution in [0.5, 0.6) is 0 Å². The molecule has 2 aromatic heterocycles. The third-order valence-corrected chi connectivity index (χ3v) is 5.73. The molecule has 3 heterocycles. The molecule has 0 radical (unpaired) electrons. The molecule has 0 aromatic carbocycles. The molecule has 9 nitrogen and oxygen atoms in total. The van der Waals surface area contributed by atoms with Crippen LogP contribution in [-0.2, 0) is 4.74 Å². The van der Waals surface area contributed by atoms with E-state index in [2.05, 4.69) is 15.3 Å². The Bertz CT molecular complexity index is 778. The fourth-order valence-corrected chi connectivity index (χ4v) is 4.04. The lowest BCUT2D eigenvalue weighted by Crippen LogP contribution is -2.36. The van der Waals surface area contributed by atoms with E-state index in [1.54, 1.807) is 12.3 Å². The molecule has 11 heteroatoms.